The number of aromatic nitrogens is 2. The van der Waals surface area contributed by atoms with Gasteiger partial charge in [0.25, 0.3) is 0 Å². The summed E-state index contributed by atoms with van der Waals surface area (Å²) in [6, 6.07) is 6.11. The zero-order valence-corrected chi connectivity index (χ0v) is 16.6. The van der Waals surface area contributed by atoms with Crippen molar-refractivity contribution in [3.63, 3.8) is 0 Å². The standard InChI is InChI=1S/C20H28N4O3/c1-14-6-5-7-17(21-14)11-24-8-9-26-13-18(24)10-20(25)23(4)12-19-15(2)22-27-16(19)3/h5-7,18H,8-13H2,1-4H3. The first-order valence-electron chi connectivity index (χ1n) is 9.34. The summed E-state index contributed by atoms with van der Waals surface area (Å²) in [5, 5.41) is 3.96. The first kappa shape index (κ1) is 19.5. The van der Waals surface area contributed by atoms with E-state index in [0.717, 1.165) is 41.5 Å². The average Bonchev–Trinajstić information content (AvgIpc) is 2.95. The Bertz CT molecular complexity index is 770. The number of amides is 1. The maximum atomic E-state index is 12.8. The molecule has 7 heteroatoms. The van der Waals surface area contributed by atoms with Crippen LogP contribution in [-0.2, 0) is 22.6 Å². The number of morpholine rings is 1. The molecule has 0 aromatic carbocycles. The molecule has 1 saturated heterocycles. The van der Waals surface area contributed by atoms with E-state index in [-0.39, 0.29) is 11.9 Å². The van der Waals surface area contributed by atoms with E-state index >= 15 is 0 Å². The molecule has 0 spiro atoms. The molecule has 1 fully saturated rings. The van der Waals surface area contributed by atoms with Gasteiger partial charge in [-0.15, -0.1) is 0 Å². The molecule has 0 saturated carbocycles. The fourth-order valence-electron chi connectivity index (χ4n) is 3.39. The van der Waals surface area contributed by atoms with Crippen LogP contribution in [0.5, 0.6) is 0 Å². The van der Waals surface area contributed by atoms with Crippen molar-refractivity contribution < 1.29 is 14.1 Å². The Morgan fingerprint density at radius 3 is 2.85 bits per heavy atom. The molecule has 0 radical (unpaired) electrons. The Hall–Kier alpha value is -2.25. The van der Waals surface area contributed by atoms with E-state index in [4.69, 9.17) is 9.26 Å². The zero-order valence-electron chi connectivity index (χ0n) is 16.6. The van der Waals surface area contributed by atoms with Crippen LogP contribution in [0.2, 0.25) is 0 Å². The molecule has 1 aliphatic heterocycles. The Kier molecular flexibility index (Phi) is 6.23. The van der Waals surface area contributed by atoms with Crippen molar-refractivity contribution in [3.05, 3.63) is 46.6 Å². The van der Waals surface area contributed by atoms with Gasteiger partial charge in [0, 0.05) is 43.9 Å². The summed E-state index contributed by atoms with van der Waals surface area (Å²) in [4.78, 5) is 21.4. The number of ether oxygens (including phenoxy) is 1. The molecule has 2 aromatic rings. The Labute approximate surface area is 160 Å². The topological polar surface area (TPSA) is 71.7 Å². The Morgan fingerprint density at radius 2 is 2.15 bits per heavy atom. The molecule has 27 heavy (non-hydrogen) atoms. The third kappa shape index (κ3) is 4.93. The van der Waals surface area contributed by atoms with E-state index in [1.165, 1.54) is 0 Å². The summed E-state index contributed by atoms with van der Waals surface area (Å²) in [6.07, 6.45) is 0.422. The van der Waals surface area contributed by atoms with Gasteiger partial charge in [0.1, 0.15) is 5.76 Å². The molecule has 1 atom stereocenters. The predicted molar refractivity (Wildman–Crippen MR) is 101 cm³/mol. The lowest BCUT2D eigenvalue weighted by atomic mass is 10.1. The molecule has 1 amide bonds. The maximum absolute atomic E-state index is 12.8. The van der Waals surface area contributed by atoms with Crippen LogP contribution < -0.4 is 0 Å². The van der Waals surface area contributed by atoms with Crippen molar-refractivity contribution in [1.29, 1.82) is 0 Å². The molecular weight excluding hydrogens is 344 g/mol. The van der Waals surface area contributed by atoms with E-state index in [1.807, 2.05) is 46.0 Å². The number of rotatable bonds is 6. The summed E-state index contributed by atoms with van der Waals surface area (Å²) in [5.74, 6) is 0.855. The van der Waals surface area contributed by atoms with Crippen LogP contribution in [0.3, 0.4) is 0 Å². The van der Waals surface area contributed by atoms with Crippen molar-refractivity contribution in [3.8, 4) is 0 Å². The van der Waals surface area contributed by atoms with Gasteiger partial charge < -0.3 is 14.2 Å². The third-order valence-corrected chi connectivity index (χ3v) is 5.07. The van der Waals surface area contributed by atoms with Gasteiger partial charge in [-0.3, -0.25) is 14.7 Å². The Morgan fingerprint density at radius 1 is 1.33 bits per heavy atom. The summed E-state index contributed by atoms with van der Waals surface area (Å²) >= 11 is 0. The highest BCUT2D eigenvalue weighted by atomic mass is 16.5. The number of nitrogens with zero attached hydrogens (tertiary/aromatic N) is 4. The van der Waals surface area contributed by atoms with Crippen LogP contribution in [0, 0.1) is 20.8 Å². The second-order valence-corrected chi connectivity index (χ2v) is 7.23. The minimum atomic E-state index is 0.0562. The molecule has 2 aromatic heterocycles. The zero-order chi connectivity index (χ0) is 19.4. The summed E-state index contributed by atoms with van der Waals surface area (Å²) in [6.45, 7) is 9.06. The SMILES string of the molecule is Cc1cccc(CN2CCOCC2CC(=O)N(C)Cc2c(C)noc2C)n1. The lowest BCUT2D eigenvalue weighted by molar-refractivity contribution is -0.133. The first-order chi connectivity index (χ1) is 12.9. The van der Waals surface area contributed by atoms with E-state index < -0.39 is 0 Å². The second-order valence-electron chi connectivity index (χ2n) is 7.23. The number of hydrogen-bond donors (Lipinski definition) is 0. The largest absolute Gasteiger partial charge is 0.378 e. The van der Waals surface area contributed by atoms with Crippen LogP contribution in [0.1, 0.15) is 34.8 Å². The third-order valence-electron chi connectivity index (χ3n) is 5.07. The monoisotopic (exact) mass is 372 g/mol. The van der Waals surface area contributed by atoms with Crippen molar-refractivity contribution in [2.45, 2.75) is 46.3 Å². The summed E-state index contributed by atoms with van der Waals surface area (Å²) in [7, 11) is 1.82. The van der Waals surface area contributed by atoms with Crippen molar-refractivity contribution in [2.75, 3.05) is 26.8 Å². The smallest absolute Gasteiger partial charge is 0.224 e. The van der Waals surface area contributed by atoms with Crippen molar-refractivity contribution in [1.82, 2.24) is 19.9 Å². The maximum Gasteiger partial charge on any atom is 0.224 e. The van der Waals surface area contributed by atoms with Crippen molar-refractivity contribution in [2.24, 2.45) is 0 Å². The van der Waals surface area contributed by atoms with Gasteiger partial charge in [0.15, 0.2) is 0 Å². The number of pyridine rings is 1. The van der Waals surface area contributed by atoms with E-state index in [9.17, 15) is 4.79 Å². The fourth-order valence-corrected chi connectivity index (χ4v) is 3.39. The van der Waals surface area contributed by atoms with Gasteiger partial charge in [0.2, 0.25) is 5.91 Å². The molecule has 1 aliphatic rings. The van der Waals surface area contributed by atoms with Gasteiger partial charge in [-0.05, 0) is 32.9 Å². The lowest BCUT2D eigenvalue weighted by Crippen LogP contribution is -2.47. The van der Waals surface area contributed by atoms with E-state index in [2.05, 4.69) is 15.0 Å². The fraction of sp³-hybridized carbons (Fsp3) is 0.550. The average molecular weight is 372 g/mol. The van der Waals surface area contributed by atoms with Crippen LogP contribution in [0.15, 0.2) is 22.7 Å². The summed E-state index contributed by atoms with van der Waals surface area (Å²) in [5.41, 5.74) is 3.85. The van der Waals surface area contributed by atoms with E-state index in [1.54, 1.807) is 4.90 Å². The molecular formula is C20H28N4O3. The first-order valence-corrected chi connectivity index (χ1v) is 9.34. The predicted octanol–water partition coefficient (Wildman–Crippen LogP) is 2.24. The highest BCUT2D eigenvalue weighted by Gasteiger charge is 2.27. The van der Waals surface area contributed by atoms with Crippen LogP contribution >= 0.6 is 0 Å². The minimum absolute atomic E-state index is 0.0562. The van der Waals surface area contributed by atoms with Crippen LogP contribution in [0.25, 0.3) is 0 Å². The van der Waals surface area contributed by atoms with Gasteiger partial charge in [-0.25, -0.2) is 0 Å². The molecule has 0 N–H and O–H groups in total. The second kappa shape index (κ2) is 8.63. The normalized spacial score (nSPS) is 17.9. The van der Waals surface area contributed by atoms with Crippen LogP contribution in [-0.4, -0.2) is 58.7 Å². The molecule has 0 bridgehead atoms. The van der Waals surface area contributed by atoms with Gasteiger partial charge in [0.05, 0.1) is 31.1 Å². The number of carbonyl (C=O) groups excluding carboxylic acids is 1. The lowest BCUT2D eigenvalue weighted by Gasteiger charge is -2.35. The molecule has 1 unspecified atom stereocenters. The molecule has 0 aliphatic carbocycles. The summed E-state index contributed by atoms with van der Waals surface area (Å²) < 4.78 is 10.8. The van der Waals surface area contributed by atoms with Crippen molar-refractivity contribution >= 4 is 5.91 Å². The minimum Gasteiger partial charge on any atom is -0.378 e. The van der Waals surface area contributed by atoms with Gasteiger partial charge in [-0.2, -0.15) is 0 Å². The van der Waals surface area contributed by atoms with Gasteiger partial charge >= 0.3 is 0 Å². The number of carbonyl (C=O) groups is 1. The molecule has 7 nitrogen and oxygen atoms in total. The Balaban J connectivity index is 1.62. The van der Waals surface area contributed by atoms with Crippen LogP contribution in [0.4, 0.5) is 0 Å². The molecule has 3 heterocycles. The quantitative estimate of drug-likeness (QED) is 0.774. The highest BCUT2D eigenvalue weighted by molar-refractivity contribution is 5.76. The number of aryl methyl sites for hydroxylation is 3. The molecule has 3 rings (SSSR count). The molecule has 146 valence electrons. The number of hydrogen-bond acceptors (Lipinski definition) is 6. The van der Waals surface area contributed by atoms with Gasteiger partial charge in [-0.1, -0.05) is 11.2 Å². The highest BCUT2D eigenvalue weighted by Crippen LogP contribution is 2.18. The van der Waals surface area contributed by atoms with E-state index in [0.29, 0.717) is 26.2 Å².